The molecule has 0 saturated heterocycles. The molecule has 0 aromatic rings. The molecule has 0 radical (unpaired) electrons. The van der Waals surface area contributed by atoms with Crippen LogP contribution in [0.3, 0.4) is 0 Å². The second kappa shape index (κ2) is 7.42. The van der Waals surface area contributed by atoms with Crippen LogP contribution >= 0.6 is 0 Å². The van der Waals surface area contributed by atoms with E-state index in [1.807, 2.05) is 0 Å². The SMILES string of the molecule is N.[O]=[Mo](=[O])([OH])[OH].[O]=[V](=[O])[OH]. The van der Waals surface area contributed by atoms with Gasteiger partial charge >= 0.3 is 57.8 Å². The molecule has 0 unspecified atom stereocenters. The molecule has 0 aliphatic heterocycles. The maximum atomic E-state index is 8.85. The van der Waals surface area contributed by atoms with Crippen molar-refractivity contribution in [2.45, 2.75) is 0 Å². The van der Waals surface area contributed by atoms with Crippen LogP contribution in [-0.4, -0.2) is 11.6 Å². The van der Waals surface area contributed by atoms with Crippen LogP contribution in [0.2, 0.25) is 0 Å². The van der Waals surface area contributed by atoms with E-state index in [1.165, 1.54) is 0 Å². The Labute approximate surface area is 64.2 Å². The van der Waals surface area contributed by atoms with Crippen molar-refractivity contribution >= 4 is 0 Å². The van der Waals surface area contributed by atoms with Gasteiger partial charge in [0.05, 0.1) is 0 Å². The van der Waals surface area contributed by atoms with Crippen molar-refractivity contribution in [2.24, 2.45) is 0 Å². The molecule has 8 nitrogen and oxygen atoms in total. The molecule has 0 fully saturated rings. The first-order valence-corrected chi connectivity index (χ1v) is 6.46. The first-order chi connectivity index (χ1) is 3.73. The Balaban J connectivity index is -0.0000000910. The molecule has 6 N–H and O–H groups in total. The number of hydrogen-bond acceptors (Lipinski definition) is 5. The van der Waals surface area contributed by atoms with Gasteiger partial charge in [-0.05, 0) is 0 Å². The minimum absolute atomic E-state index is 0. The van der Waals surface area contributed by atoms with Crippen LogP contribution in [0.4, 0.5) is 0 Å². The summed E-state index contributed by atoms with van der Waals surface area (Å²) in [5.41, 5.74) is 0. The van der Waals surface area contributed by atoms with Crippen molar-refractivity contribution < 1.29 is 57.8 Å². The van der Waals surface area contributed by atoms with Crippen molar-refractivity contribution in [1.29, 1.82) is 0 Å². The molecule has 0 heterocycles. The fraction of sp³-hybridized carbons (Fsp3) is 0. The molecule has 10 heteroatoms. The van der Waals surface area contributed by atoms with Crippen molar-refractivity contribution in [3.8, 4) is 0 Å². The average molecular weight is 279 g/mol. The average Bonchev–Trinajstić information content (AvgIpc) is 1.19. The molecule has 0 bridgehead atoms. The minimum atomic E-state index is -5.52. The third-order valence-corrected chi connectivity index (χ3v) is 0. The number of hydrogen-bond donors (Lipinski definition) is 4. The summed E-state index contributed by atoms with van der Waals surface area (Å²) in [4.78, 5) is 0. The van der Waals surface area contributed by atoms with E-state index in [-0.39, 0.29) is 6.15 Å². The first kappa shape index (κ1) is 16.7. The summed E-state index contributed by atoms with van der Waals surface area (Å²) in [6.45, 7) is 0. The Kier molecular flexibility index (Phi) is 12.4. The third-order valence-electron chi connectivity index (χ3n) is 0. The van der Waals surface area contributed by atoms with Crippen molar-refractivity contribution in [3.05, 3.63) is 0 Å². The second-order valence-corrected chi connectivity index (χ2v) is 3.63. The first-order valence-electron chi connectivity index (χ1n) is 1.26. The van der Waals surface area contributed by atoms with Gasteiger partial charge < -0.3 is 6.15 Å². The van der Waals surface area contributed by atoms with E-state index in [4.69, 9.17) is 25.7 Å². The van der Waals surface area contributed by atoms with Gasteiger partial charge in [-0.15, -0.1) is 0 Å². The zero-order valence-electron chi connectivity index (χ0n) is 4.54. The monoisotopic (exact) mass is 281 g/mol. The maximum absolute atomic E-state index is 8.85. The van der Waals surface area contributed by atoms with Gasteiger partial charge in [0.1, 0.15) is 0 Å². The summed E-state index contributed by atoms with van der Waals surface area (Å²) < 4.78 is 56.4. The Hall–Kier alpha value is 0.313. The van der Waals surface area contributed by atoms with Gasteiger partial charge in [0.25, 0.3) is 0 Å². The number of rotatable bonds is 0. The summed E-state index contributed by atoms with van der Waals surface area (Å²) in [6.07, 6.45) is 0. The molecule has 0 aromatic carbocycles. The van der Waals surface area contributed by atoms with Crippen LogP contribution in [0.1, 0.15) is 0 Å². The van der Waals surface area contributed by atoms with Gasteiger partial charge in [-0.3, -0.25) is 0 Å². The fourth-order valence-electron chi connectivity index (χ4n) is 0. The summed E-state index contributed by atoms with van der Waals surface area (Å²) in [6, 6.07) is 0. The second-order valence-electron chi connectivity index (χ2n) is 0.686. The van der Waals surface area contributed by atoms with Crippen LogP contribution in [0.5, 0.6) is 0 Å². The summed E-state index contributed by atoms with van der Waals surface area (Å²) >= 11 is -9.21. The fourth-order valence-corrected chi connectivity index (χ4v) is 0. The van der Waals surface area contributed by atoms with E-state index < -0.39 is 32.1 Å². The Morgan fingerprint density at radius 3 is 1.10 bits per heavy atom. The van der Waals surface area contributed by atoms with Gasteiger partial charge in [0, 0.05) is 0 Å². The molecule has 64 valence electrons. The van der Waals surface area contributed by atoms with Crippen LogP contribution in [-0.2, 0) is 46.3 Å². The molecular weight excluding hydrogens is 273 g/mol. The van der Waals surface area contributed by atoms with Crippen molar-refractivity contribution in [2.75, 3.05) is 0 Å². The molecule has 0 rings (SSSR count). The topological polar surface area (TPSA) is 164 Å². The van der Waals surface area contributed by atoms with Gasteiger partial charge in [-0.25, -0.2) is 0 Å². The zero-order chi connectivity index (χ0) is 8.08. The summed E-state index contributed by atoms with van der Waals surface area (Å²) in [7, 11) is 0. The van der Waals surface area contributed by atoms with Gasteiger partial charge in [0.15, 0.2) is 0 Å². The van der Waals surface area contributed by atoms with Crippen molar-refractivity contribution in [3.63, 3.8) is 0 Å². The molecule has 0 aliphatic carbocycles. The van der Waals surface area contributed by atoms with Crippen molar-refractivity contribution in [1.82, 2.24) is 6.15 Å². The quantitative estimate of drug-likeness (QED) is 0.370. The predicted molar refractivity (Wildman–Crippen MR) is 14.4 cm³/mol. The van der Waals surface area contributed by atoms with Gasteiger partial charge in [0.2, 0.25) is 0 Å². The molecule has 10 heavy (non-hydrogen) atoms. The molecule has 0 saturated carbocycles. The van der Waals surface area contributed by atoms with E-state index in [1.54, 1.807) is 0 Å². The molecule has 0 atom stereocenters. The van der Waals surface area contributed by atoms with Crippen LogP contribution in [0.25, 0.3) is 0 Å². The zero-order valence-corrected chi connectivity index (χ0v) is 7.94. The van der Waals surface area contributed by atoms with E-state index >= 15 is 0 Å². The molecule has 0 amide bonds. The third kappa shape index (κ3) is 4550. The van der Waals surface area contributed by atoms with E-state index in [9.17, 15) is 0 Å². The summed E-state index contributed by atoms with van der Waals surface area (Å²) in [5.74, 6) is 0. The molecule has 0 aliphatic rings. The molecule has 0 spiro atoms. The normalized spacial score (nSPS) is 8.30. The van der Waals surface area contributed by atoms with Crippen LogP contribution < -0.4 is 6.15 Å². The molecule has 0 aromatic heterocycles. The van der Waals surface area contributed by atoms with E-state index in [2.05, 4.69) is 0 Å². The van der Waals surface area contributed by atoms with Crippen LogP contribution in [0, 0.1) is 0 Å². The Bertz CT molecular complexity index is 194. The van der Waals surface area contributed by atoms with E-state index in [0.717, 1.165) is 0 Å². The Morgan fingerprint density at radius 2 is 1.10 bits per heavy atom. The predicted octanol–water partition coefficient (Wildman–Crippen LogP) is -1.99. The standard InChI is InChI=1S/Mo.H3N.3H2O.4O.V/h;1H3;3*1H2;;;;;/q+2;;;;;;;;;+1/p-3. The van der Waals surface area contributed by atoms with Crippen LogP contribution in [0.15, 0.2) is 0 Å². The van der Waals surface area contributed by atoms with Gasteiger partial charge in [-0.2, -0.15) is 0 Å². The van der Waals surface area contributed by atoms with E-state index in [0.29, 0.717) is 0 Å². The Morgan fingerprint density at radius 1 is 1.10 bits per heavy atom. The summed E-state index contributed by atoms with van der Waals surface area (Å²) in [5, 5.41) is 0. The molecular formula is H6MoNO7V. The van der Waals surface area contributed by atoms with Gasteiger partial charge in [-0.1, -0.05) is 0 Å².